The highest BCUT2D eigenvalue weighted by atomic mass is 16.5. The monoisotopic (exact) mass is 444 g/mol. The molecule has 0 radical (unpaired) electrons. The zero-order valence-corrected chi connectivity index (χ0v) is 18.9. The van der Waals surface area contributed by atoms with Gasteiger partial charge in [0.25, 0.3) is 5.91 Å². The third kappa shape index (κ3) is 5.18. The number of para-hydroxylation sites is 1. The Morgan fingerprint density at radius 2 is 1.73 bits per heavy atom. The van der Waals surface area contributed by atoms with Gasteiger partial charge in [0, 0.05) is 30.3 Å². The number of anilines is 3. The smallest absolute Gasteiger partial charge is 0.269 e. The van der Waals surface area contributed by atoms with Gasteiger partial charge in [-0.1, -0.05) is 62.4 Å². The van der Waals surface area contributed by atoms with Gasteiger partial charge in [-0.3, -0.25) is 4.79 Å². The second-order valence-electron chi connectivity index (χ2n) is 7.29. The molecule has 0 saturated carbocycles. The number of amides is 1. The summed E-state index contributed by atoms with van der Waals surface area (Å²) >= 11 is 0. The first kappa shape index (κ1) is 22.4. The van der Waals surface area contributed by atoms with Gasteiger partial charge < -0.3 is 20.3 Å². The normalized spacial score (nSPS) is 17.5. The summed E-state index contributed by atoms with van der Waals surface area (Å²) in [5, 5.41) is 6.16. The van der Waals surface area contributed by atoms with Crippen LogP contribution in [0.2, 0.25) is 0 Å². The van der Waals surface area contributed by atoms with Crippen LogP contribution >= 0.6 is 0 Å². The molecule has 3 heterocycles. The van der Waals surface area contributed by atoms with Crippen LogP contribution < -0.4 is 15.5 Å². The second-order valence-corrected chi connectivity index (χ2v) is 7.29. The number of benzene rings is 2. The largest absolute Gasteiger partial charge is 0.378 e. The highest BCUT2D eigenvalue weighted by Crippen LogP contribution is 2.25. The number of carbonyl (C=O) groups is 1. The minimum Gasteiger partial charge on any atom is -0.378 e. The maximum atomic E-state index is 13.0. The molecule has 1 atom stereocenters. The van der Waals surface area contributed by atoms with E-state index in [0.717, 1.165) is 41.4 Å². The van der Waals surface area contributed by atoms with Crippen molar-refractivity contribution in [3.05, 3.63) is 78.1 Å². The summed E-state index contributed by atoms with van der Waals surface area (Å²) in [6.07, 6.45) is 0.660. The van der Waals surface area contributed by atoms with Crippen LogP contribution in [0.5, 0.6) is 0 Å². The zero-order valence-electron chi connectivity index (χ0n) is 18.9. The Morgan fingerprint density at radius 3 is 2.52 bits per heavy atom. The molecule has 1 saturated heterocycles. The molecule has 0 bridgehead atoms. The summed E-state index contributed by atoms with van der Waals surface area (Å²) in [5.74, 6) is 1.09. The molecule has 2 aliphatic rings. The highest BCUT2D eigenvalue weighted by Gasteiger charge is 2.26. The summed E-state index contributed by atoms with van der Waals surface area (Å²) in [6, 6.07) is 19.4. The van der Waals surface area contributed by atoms with E-state index in [1.807, 2.05) is 74.5 Å². The molecule has 1 fully saturated rings. The third-order valence-electron chi connectivity index (χ3n) is 5.27. The molecule has 33 heavy (non-hydrogen) atoms. The number of nitrogens with zero attached hydrogens (tertiary/aromatic N) is 4. The number of nitrogens with one attached hydrogen (secondary N) is 2. The number of carbonyl (C=O) groups excluding carboxylic acids is 1. The Labute approximate surface area is 193 Å². The van der Waals surface area contributed by atoms with Gasteiger partial charge in [-0.05, 0) is 6.07 Å². The number of morpholine rings is 1. The van der Waals surface area contributed by atoms with E-state index in [1.165, 1.54) is 6.33 Å². The molecule has 3 aromatic rings. The summed E-state index contributed by atoms with van der Waals surface area (Å²) in [5.41, 5.74) is 3.29. The van der Waals surface area contributed by atoms with E-state index in [-0.39, 0.29) is 5.91 Å². The third-order valence-corrected chi connectivity index (χ3v) is 5.27. The maximum Gasteiger partial charge on any atom is 0.269 e. The maximum absolute atomic E-state index is 13.0. The van der Waals surface area contributed by atoms with Crippen LogP contribution in [-0.4, -0.2) is 54.1 Å². The highest BCUT2D eigenvalue weighted by molar-refractivity contribution is 6.19. The molecule has 1 aromatic heterocycles. The Balaban J connectivity index is 0.00000126. The molecule has 2 aromatic carbocycles. The van der Waals surface area contributed by atoms with Crippen LogP contribution in [0, 0.1) is 0 Å². The molecule has 5 rings (SSSR count). The average Bonchev–Trinajstić information content (AvgIpc) is 3.03. The first-order chi connectivity index (χ1) is 16.3. The minimum absolute atomic E-state index is 0.245. The summed E-state index contributed by atoms with van der Waals surface area (Å²) < 4.78 is 5.41. The summed E-state index contributed by atoms with van der Waals surface area (Å²) in [6.45, 7) is 6.87. The molecule has 1 amide bonds. The van der Waals surface area contributed by atoms with Crippen molar-refractivity contribution in [3.63, 3.8) is 0 Å². The Hall–Kier alpha value is -3.78. The number of aliphatic imine (C=N–C) groups is 1. The molecule has 0 aliphatic carbocycles. The van der Waals surface area contributed by atoms with Gasteiger partial charge in [0.1, 0.15) is 18.0 Å². The van der Waals surface area contributed by atoms with Gasteiger partial charge >= 0.3 is 0 Å². The van der Waals surface area contributed by atoms with Crippen LogP contribution in [-0.2, 0) is 9.53 Å². The van der Waals surface area contributed by atoms with Crippen molar-refractivity contribution in [1.29, 1.82) is 0 Å². The number of benzodiazepines with no additional fused rings is 1. The van der Waals surface area contributed by atoms with Gasteiger partial charge in [0.05, 0.1) is 24.6 Å². The van der Waals surface area contributed by atoms with Crippen molar-refractivity contribution in [3.8, 4) is 0 Å². The van der Waals surface area contributed by atoms with Crippen molar-refractivity contribution >= 4 is 28.9 Å². The minimum atomic E-state index is -0.838. The van der Waals surface area contributed by atoms with Crippen molar-refractivity contribution < 1.29 is 9.53 Å². The number of aromatic nitrogens is 2. The lowest BCUT2D eigenvalue weighted by atomic mass is 10.0. The molecule has 0 spiro atoms. The zero-order chi connectivity index (χ0) is 23.0. The number of ether oxygens (including phenoxy) is 1. The predicted molar refractivity (Wildman–Crippen MR) is 131 cm³/mol. The van der Waals surface area contributed by atoms with E-state index in [9.17, 15) is 4.79 Å². The van der Waals surface area contributed by atoms with Gasteiger partial charge in [-0.2, -0.15) is 0 Å². The summed E-state index contributed by atoms with van der Waals surface area (Å²) in [7, 11) is 0. The fourth-order valence-corrected chi connectivity index (χ4v) is 3.71. The molecular weight excluding hydrogens is 416 g/mol. The summed E-state index contributed by atoms with van der Waals surface area (Å²) in [4.78, 5) is 28.6. The van der Waals surface area contributed by atoms with E-state index in [2.05, 4.69) is 25.5 Å². The van der Waals surface area contributed by atoms with Crippen LogP contribution in [0.4, 0.5) is 17.3 Å². The number of hydrogen-bond donors (Lipinski definition) is 2. The predicted octanol–water partition coefficient (Wildman–Crippen LogP) is 3.57. The Bertz CT molecular complexity index is 1110. The SMILES string of the molecule is CC.O=C1Nc2ccccc2C(c2ccccc2)=NC1Nc1cc(N2CCOCC2)ncn1. The van der Waals surface area contributed by atoms with Crippen molar-refractivity contribution in [2.45, 2.75) is 20.0 Å². The van der Waals surface area contributed by atoms with Gasteiger partial charge in [0.2, 0.25) is 6.17 Å². The lowest BCUT2D eigenvalue weighted by molar-refractivity contribution is -0.116. The van der Waals surface area contributed by atoms with Crippen molar-refractivity contribution in [1.82, 2.24) is 9.97 Å². The molecular formula is C25H28N6O2. The van der Waals surface area contributed by atoms with Crippen LogP contribution in [0.15, 0.2) is 72.0 Å². The lowest BCUT2D eigenvalue weighted by Gasteiger charge is -2.27. The van der Waals surface area contributed by atoms with Gasteiger partial charge in [0.15, 0.2) is 0 Å². The number of rotatable bonds is 4. The van der Waals surface area contributed by atoms with Crippen molar-refractivity contribution in [2.75, 3.05) is 41.8 Å². The van der Waals surface area contributed by atoms with E-state index < -0.39 is 6.17 Å². The quantitative estimate of drug-likeness (QED) is 0.639. The first-order valence-corrected chi connectivity index (χ1v) is 11.2. The second kappa shape index (κ2) is 10.7. The van der Waals surface area contributed by atoms with Crippen molar-refractivity contribution in [2.24, 2.45) is 4.99 Å². The van der Waals surface area contributed by atoms with Crippen LogP contribution in [0.1, 0.15) is 25.0 Å². The fraction of sp³-hybridized carbons (Fsp3) is 0.280. The van der Waals surface area contributed by atoms with E-state index >= 15 is 0 Å². The molecule has 8 heteroatoms. The van der Waals surface area contributed by atoms with E-state index in [4.69, 9.17) is 9.73 Å². The van der Waals surface area contributed by atoms with Gasteiger partial charge in [-0.15, -0.1) is 0 Å². The van der Waals surface area contributed by atoms with E-state index in [1.54, 1.807) is 0 Å². The molecule has 170 valence electrons. The fourth-order valence-electron chi connectivity index (χ4n) is 3.71. The van der Waals surface area contributed by atoms with Gasteiger partial charge in [-0.25, -0.2) is 15.0 Å². The van der Waals surface area contributed by atoms with Crippen LogP contribution in [0.25, 0.3) is 0 Å². The number of hydrogen-bond acceptors (Lipinski definition) is 7. The number of fused-ring (bicyclic) bond motifs is 1. The molecule has 8 nitrogen and oxygen atoms in total. The molecule has 2 N–H and O–H groups in total. The van der Waals surface area contributed by atoms with Crippen LogP contribution in [0.3, 0.4) is 0 Å². The molecule has 2 aliphatic heterocycles. The average molecular weight is 445 g/mol. The first-order valence-electron chi connectivity index (χ1n) is 11.2. The standard InChI is InChI=1S/C23H22N6O2.C2H6/c30-23-22(27-19-14-20(25-15-24-19)29-10-12-31-13-11-29)28-21(16-6-2-1-3-7-16)17-8-4-5-9-18(17)26-23;1-2/h1-9,14-15,22H,10-13H2,(H,26,30)(H,24,25,27);1-2H3. The Kier molecular flexibility index (Phi) is 7.26. The molecule has 1 unspecified atom stereocenters. The topological polar surface area (TPSA) is 91.7 Å². The Morgan fingerprint density at radius 1 is 1.00 bits per heavy atom. The van der Waals surface area contributed by atoms with E-state index in [0.29, 0.717) is 19.0 Å². The lowest BCUT2D eigenvalue weighted by Crippen LogP contribution is -2.37.